The van der Waals surface area contributed by atoms with Gasteiger partial charge in [-0.3, -0.25) is 9.89 Å². The Labute approximate surface area is 249 Å². The number of benzene rings is 1. The first-order valence-electron chi connectivity index (χ1n) is 14.8. The Hall–Kier alpha value is -3.63. The van der Waals surface area contributed by atoms with Gasteiger partial charge >= 0.3 is 0 Å². The van der Waals surface area contributed by atoms with Crippen molar-refractivity contribution in [3.8, 4) is 0 Å². The number of amidine groups is 1. The van der Waals surface area contributed by atoms with E-state index in [0.29, 0.717) is 50.6 Å². The molecule has 0 saturated carbocycles. The number of hydrazine groups is 1. The van der Waals surface area contributed by atoms with Gasteiger partial charge in [0.15, 0.2) is 0 Å². The van der Waals surface area contributed by atoms with Crippen LogP contribution in [-0.2, 0) is 5.92 Å². The average molecular weight is 581 g/mol. The van der Waals surface area contributed by atoms with Crippen molar-refractivity contribution in [2.24, 2.45) is 22.5 Å². The molecule has 0 unspecified atom stereocenters. The van der Waals surface area contributed by atoms with Crippen molar-refractivity contribution in [3.63, 3.8) is 0 Å². The summed E-state index contributed by atoms with van der Waals surface area (Å²) >= 11 is 0. The zero-order chi connectivity index (χ0) is 30.3. The Morgan fingerprint density at radius 1 is 1.12 bits per heavy atom. The van der Waals surface area contributed by atoms with Gasteiger partial charge in [0.1, 0.15) is 5.84 Å². The standard InChI is InChI=1S/C32H46F2N8/c1-5-38-30-18-23(2)41-14-7-6-8-15-42(36)21-28(35)20-40-16-12-26(13-17-40)32(33,34)27-11-9-10-25(19-27)24(3)39-31(37-4)29(30)22-41/h5,9-11,18-19,21-22,24,26,38H,1-2,6-8,12-17,20,35-36H2,3-4H3,(H,37,39)/b28-21-/t24-/m1/s1. The van der Waals surface area contributed by atoms with Gasteiger partial charge in [-0.15, -0.1) is 0 Å². The largest absolute Gasteiger partial charge is 0.400 e. The summed E-state index contributed by atoms with van der Waals surface area (Å²) in [7, 11) is 1.72. The third-order valence-electron chi connectivity index (χ3n) is 8.27. The quantitative estimate of drug-likeness (QED) is 0.378. The zero-order valence-corrected chi connectivity index (χ0v) is 25.0. The van der Waals surface area contributed by atoms with Gasteiger partial charge in [-0.25, -0.2) is 14.6 Å². The molecule has 4 aliphatic heterocycles. The van der Waals surface area contributed by atoms with Gasteiger partial charge in [0.05, 0.1) is 11.3 Å². The first-order valence-corrected chi connectivity index (χ1v) is 14.8. The lowest BCUT2D eigenvalue weighted by Crippen LogP contribution is -2.41. The minimum absolute atomic E-state index is 0.0481. The molecular weight excluding hydrogens is 534 g/mol. The summed E-state index contributed by atoms with van der Waals surface area (Å²) in [6.45, 7) is 13.1. The lowest BCUT2D eigenvalue weighted by Gasteiger charge is -2.36. The predicted molar refractivity (Wildman–Crippen MR) is 167 cm³/mol. The molecule has 1 fully saturated rings. The van der Waals surface area contributed by atoms with E-state index in [9.17, 15) is 0 Å². The highest BCUT2D eigenvalue weighted by atomic mass is 19.3. The molecule has 10 heteroatoms. The highest BCUT2D eigenvalue weighted by Crippen LogP contribution is 2.42. The van der Waals surface area contributed by atoms with Gasteiger partial charge in [0, 0.05) is 68.0 Å². The molecule has 8 nitrogen and oxygen atoms in total. The van der Waals surface area contributed by atoms with Gasteiger partial charge in [-0.05, 0) is 76.0 Å². The van der Waals surface area contributed by atoms with Crippen LogP contribution < -0.4 is 22.2 Å². The van der Waals surface area contributed by atoms with Crippen LogP contribution in [0.25, 0.3) is 0 Å². The van der Waals surface area contributed by atoms with Crippen LogP contribution in [0.2, 0.25) is 0 Å². The fraction of sp³-hybridized carbons (Fsp3) is 0.469. The molecule has 1 aromatic carbocycles. The number of nitrogens with zero attached hydrogens (tertiary/aromatic N) is 4. The normalized spacial score (nSPS) is 28.2. The maximum Gasteiger partial charge on any atom is 0.276 e. The second-order valence-electron chi connectivity index (χ2n) is 11.4. The molecule has 6 N–H and O–H groups in total. The van der Waals surface area contributed by atoms with Gasteiger partial charge in [-0.2, -0.15) is 0 Å². The number of fused-ring (bicyclic) bond motifs is 11. The van der Waals surface area contributed by atoms with Crippen molar-refractivity contribution in [1.29, 1.82) is 0 Å². The van der Waals surface area contributed by atoms with Gasteiger partial charge in [0.2, 0.25) is 0 Å². The topological polar surface area (TPSA) is 98.2 Å². The Morgan fingerprint density at radius 3 is 2.57 bits per heavy atom. The van der Waals surface area contributed by atoms with Gasteiger partial charge in [0.25, 0.3) is 5.92 Å². The molecule has 1 atom stereocenters. The fourth-order valence-electron chi connectivity index (χ4n) is 5.85. The Kier molecular flexibility index (Phi) is 10.5. The van der Waals surface area contributed by atoms with Crippen LogP contribution in [-0.4, -0.2) is 60.4 Å². The minimum atomic E-state index is -2.94. The molecule has 42 heavy (non-hydrogen) atoms. The fourth-order valence-corrected chi connectivity index (χ4v) is 5.85. The highest BCUT2D eigenvalue weighted by Gasteiger charge is 2.42. The maximum absolute atomic E-state index is 15.8. The maximum atomic E-state index is 15.8. The molecule has 6 bridgehead atoms. The lowest BCUT2D eigenvalue weighted by molar-refractivity contribution is -0.0849. The number of piperidine rings is 1. The average Bonchev–Trinajstić information content (AvgIpc) is 2.96. The van der Waals surface area contributed by atoms with Crippen LogP contribution in [0.15, 0.2) is 89.8 Å². The Balaban J connectivity index is 1.63. The number of halogens is 2. The summed E-state index contributed by atoms with van der Waals surface area (Å²) in [5.74, 6) is 3.17. The van der Waals surface area contributed by atoms with Gasteiger partial charge in [-0.1, -0.05) is 31.4 Å². The lowest BCUT2D eigenvalue weighted by atomic mass is 9.85. The third kappa shape index (κ3) is 7.60. The van der Waals surface area contributed by atoms with Crippen molar-refractivity contribution in [2.45, 2.75) is 51.0 Å². The number of nitrogens with one attached hydrogen (secondary N) is 2. The molecule has 1 saturated heterocycles. The van der Waals surface area contributed by atoms with E-state index >= 15 is 8.78 Å². The molecule has 1 aromatic rings. The van der Waals surface area contributed by atoms with Crippen LogP contribution >= 0.6 is 0 Å². The van der Waals surface area contributed by atoms with Crippen LogP contribution in [0.5, 0.6) is 0 Å². The smallest absolute Gasteiger partial charge is 0.276 e. The monoisotopic (exact) mass is 580 g/mol. The van der Waals surface area contributed by atoms with E-state index < -0.39 is 11.8 Å². The van der Waals surface area contributed by atoms with E-state index in [0.717, 1.165) is 48.3 Å². The number of alkyl halides is 2. The molecule has 0 spiro atoms. The molecule has 228 valence electrons. The minimum Gasteiger partial charge on any atom is -0.400 e. The number of hydrogen-bond acceptors (Lipinski definition) is 7. The van der Waals surface area contributed by atoms with Crippen molar-refractivity contribution in [2.75, 3.05) is 39.8 Å². The van der Waals surface area contributed by atoms with E-state index in [2.05, 4.69) is 38.6 Å². The molecule has 0 aromatic heterocycles. The van der Waals surface area contributed by atoms with E-state index in [1.165, 1.54) is 6.07 Å². The predicted octanol–water partition coefficient (Wildman–Crippen LogP) is 4.66. The SMILES string of the molecule is C=CNC1=CC(=C)N2C=C1C(=NC)N[C@H](C)c1cccc(c1)C(F)(F)C1CCN(CC1)C/C(N)=C/N(N)CCCCC2. The summed E-state index contributed by atoms with van der Waals surface area (Å²) in [5.41, 5.74) is 10.2. The van der Waals surface area contributed by atoms with E-state index in [4.69, 9.17) is 11.6 Å². The van der Waals surface area contributed by atoms with Crippen molar-refractivity contribution in [1.82, 2.24) is 25.4 Å². The van der Waals surface area contributed by atoms with E-state index in [1.54, 1.807) is 36.6 Å². The molecule has 4 heterocycles. The van der Waals surface area contributed by atoms with Crippen molar-refractivity contribution >= 4 is 5.84 Å². The van der Waals surface area contributed by atoms with Crippen LogP contribution in [0.4, 0.5) is 8.78 Å². The molecular formula is C32H46F2N8. The zero-order valence-electron chi connectivity index (χ0n) is 25.0. The molecule has 5 rings (SSSR count). The number of aliphatic imine (C=N–C) groups is 1. The number of nitrogens with two attached hydrogens (primary N) is 2. The molecule has 0 amide bonds. The first-order chi connectivity index (χ1) is 20.1. The molecule has 0 radical (unpaired) electrons. The Bertz CT molecular complexity index is 1240. The second kappa shape index (κ2) is 14.0. The van der Waals surface area contributed by atoms with Crippen LogP contribution in [0.3, 0.4) is 0 Å². The number of hydrogen-bond donors (Lipinski definition) is 4. The van der Waals surface area contributed by atoms with Crippen molar-refractivity contribution < 1.29 is 8.78 Å². The summed E-state index contributed by atoms with van der Waals surface area (Å²) in [6, 6.07) is 6.51. The summed E-state index contributed by atoms with van der Waals surface area (Å²) in [4.78, 5) is 8.79. The Morgan fingerprint density at radius 2 is 1.86 bits per heavy atom. The highest BCUT2D eigenvalue weighted by molar-refractivity contribution is 6.02. The molecule has 4 aliphatic rings. The van der Waals surface area contributed by atoms with Crippen LogP contribution in [0.1, 0.15) is 56.2 Å². The number of rotatable bonds is 2. The summed E-state index contributed by atoms with van der Waals surface area (Å²) < 4.78 is 31.7. The third-order valence-corrected chi connectivity index (χ3v) is 8.27. The second-order valence-corrected chi connectivity index (χ2v) is 11.4. The summed E-state index contributed by atoms with van der Waals surface area (Å²) in [5, 5.41) is 8.30. The van der Waals surface area contributed by atoms with Crippen LogP contribution in [0, 0.1) is 5.92 Å². The first kappa shape index (κ1) is 31.3. The molecule has 0 aliphatic carbocycles. The number of allylic oxidation sites excluding steroid dienone is 1. The van der Waals surface area contributed by atoms with Crippen molar-refractivity contribution in [3.05, 3.63) is 95.9 Å². The summed E-state index contributed by atoms with van der Waals surface area (Å²) in [6.07, 6.45) is 11.0. The van der Waals surface area contributed by atoms with Gasteiger partial charge < -0.3 is 26.3 Å². The van der Waals surface area contributed by atoms with E-state index in [-0.39, 0.29) is 11.6 Å². The van der Waals surface area contributed by atoms with E-state index in [1.807, 2.05) is 25.3 Å².